The Hall–Kier alpha value is -0.770. The van der Waals surface area contributed by atoms with Crippen LogP contribution < -0.4 is 5.73 Å². The van der Waals surface area contributed by atoms with E-state index in [1.807, 2.05) is 25.7 Å². The lowest BCUT2D eigenvalue weighted by atomic mass is 9.86. The van der Waals surface area contributed by atoms with E-state index in [4.69, 9.17) is 10.5 Å². The first-order valence-corrected chi connectivity index (χ1v) is 6.12. The van der Waals surface area contributed by atoms with E-state index in [2.05, 4.69) is 0 Å². The van der Waals surface area contributed by atoms with E-state index in [0.717, 1.165) is 25.8 Å². The van der Waals surface area contributed by atoms with Gasteiger partial charge in [-0.3, -0.25) is 0 Å². The molecule has 0 aromatic rings. The minimum atomic E-state index is -0.407. The van der Waals surface area contributed by atoms with Gasteiger partial charge < -0.3 is 15.4 Å². The normalized spacial score (nSPS) is 34.0. The third kappa shape index (κ3) is 2.32. The molecule has 2 rings (SSSR count). The van der Waals surface area contributed by atoms with Crippen molar-refractivity contribution in [1.82, 2.24) is 4.90 Å². The molecule has 92 valence electrons. The summed E-state index contributed by atoms with van der Waals surface area (Å²) in [6.07, 6.45) is 2.94. The van der Waals surface area contributed by atoms with E-state index in [9.17, 15) is 4.79 Å². The summed E-state index contributed by atoms with van der Waals surface area (Å²) in [7, 11) is 0. The highest BCUT2D eigenvalue weighted by Gasteiger charge is 2.42. The van der Waals surface area contributed by atoms with Crippen molar-refractivity contribution in [3.8, 4) is 0 Å². The fourth-order valence-corrected chi connectivity index (χ4v) is 2.70. The van der Waals surface area contributed by atoms with Crippen LogP contribution in [0, 0.1) is 5.92 Å². The zero-order valence-corrected chi connectivity index (χ0v) is 10.4. The molecular weight excluding hydrogens is 204 g/mol. The van der Waals surface area contributed by atoms with Crippen LogP contribution in [0.1, 0.15) is 40.0 Å². The number of hydrogen-bond acceptors (Lipinski definition) is 3. The molecule has 1 heterocycles. The summed E-state index contributed by atoms with van der Waals surface area (Å²) in [5.41, 5.74) is 5.62. The molecule has 0 aromatic carbocycles. The number of fused-ring (bicyclic) bond motifs is 2. The van der Waals surface area contributed by atoms with E-state index in [1.165, 1.54) is 0 Å². The van der Waals surface area contributed by atoms with E-state index in [0.29, 0.717) is 12.0 Å². The number of nitrogens with two attached hydrogens (primary N) is 1. The number of rotatable bonds is 0. The molecule has 3 unspecified atom stereocenters. The van der Waals surface area contributed by atoms with E-state index in [1.54, 1.807) is 0 Å². The van der Waals surface area contributed by atoms with Crippen molar-refractivity contribution in [3.63, 3.8) is 0 Å². The predicted octanol–water partition coefficient (Wildman–Crippen LogP) is 1.73. The summed E-state index contributed by atoms with van der Waals surface area (Å²) >= 11 is 0. The third-order valence-electron chi connectivity index (χ3n) is 3.51. The molecule has 1 saturated heterocycles. The molecule has 0 aromatic heterocycles. The van der Waals surface area contributed by atoms with Gasteiger partial charge >= 0.3 is 6.09 Å². The standard InChI is InChI=1S/C12H22N2O2/c1-12(2,3)16-11(15)14-7-8-6-9(14)4-5-10(8)13/h8-10H,4-7,13H2,1-3H3. The largest absolute Gasteiger partial charge is 0.444 e. The van der Waals surface area contributed by atoms with Crippen LogP contribution in [0.25, 0.3) is 0 Å². The highest BCUT2D eigenvalue weighted by atomic mass is 16.6. The first-order chi connectivity index (χ1) is 7.37. The molecule has 16 heavy (non-hydrogen) atoms. The summed E-state index contributed by atoms with van der Waals surface area (Å²) in [5.74, 6) is 0.478. The van der Waals surface area contributed by atoms with Crippen molar-refractivity contribution in [2.24, 2.45) is 11.7 Å². The Morgan fingerprint density at radius 2 is 2.06 bits per heavy atom. The van der Waals surface area contributed by atoms with Gasteiger partial charge in [-0.25, -0.2) is 4.79 Å². The maximum atomic E-state index is 12.0. The lowest BCUT2D eigenvalue weighted by molar-refractivity contribution is 0.0223. The van der Waals surface area contributed by atoms with E-state index >= 15 is 0 Å². The lowest BCUT2D eigenvalue weighted by Gasteiger charge is -2.28. The molecule has 2 N–H and O–H groups in total. The Morgan fingerprint density at radius 3 is 2.62 bits per heavy atom. The Morgan fingerprint density at radius 1 is 1.38 bits per heavy atom. The second kappa shape index (κ2) is 3.91. The highest BCUT2D eigenvalue weighted by molar-refractivity contribution is 5.69. The average Bonchev–Trinajstić information content (AvgIpc) is 2.49. The quantitative estimate of drug-likeness (QED) is 0.684. The molecule has 1 aliphatic heterocycles. The summed E-state index contributed by atoms with van der Waals surface area (Å²) < 4.78 is 5.41. The van der Waals surface area contributed by atoms with Crippen LogP contribution in [-0.4, -0.2) is 35.2 Å². The highest BCUT2D eigenvalue weighted by Crippen LogP contribution is 2.35. The van der Waals surface area contributed by atoms with Gasteiger partial charge in [0.1, 0.15) is 5.60 Å². The van der Waals surface area contributed by atoms with Gasteiger partial charge in [-0.1, -0.05) is 0 Å². The number of carbonyl (C=O) groups is 1. The summed E-state index contributed by atoms with van der Waals surface area (Å²) in [6.45, 7) is 6.48. The topological polar surface area (TPSA) is 55.6 Å². The van der Waals surface area contributed by atoms with Gasteiger partial charge in [0.2, 0.25) is 0 Å². The van der Waals surface area contributed by atoms with Crippen LogP contribution in [0.3, 0.4) is 0 Å². The number of likely N-dealkylation sites (tertiary alicyclic amines) is 1. The second-order valence-electron chi connectivity index (χ2n) is 6.02. The van der Waals surface area contributed by atoms with Gasteiger partial charge in [0, 0.05) is 18.6 Å². The Kier molecular flexibility index (Phi) is 2.86. The summed E-state index contributed by atoms with van der Waals surface area (Å²) in [5, 5.41) is 0. The lowest BCUT2D eigenvalue weighted by Crippen LogP contribution is -2.39. The van der Waals surface area contributed by atoms with Gasteiger partial charge in [0.05, 0.1) is 0 Å². The zero-order chi connectivity index (χ0) is 11.9. The van der Waals surface area contributed by atoms with Crippen LogP contribution in [0.2, 0.25) is 0 Å². The predicted molar refractivity (Wildman–Crippen MR) is 62.0 cm³/mol. The molecular formula is C12H22N2O2. The number of ether oxygens (including phenoxy) is 1. The van der Waals surface area contributed by atoms with Crippen molar-refractivity contribution < 1.29 is 9.53 Å². The van der Waals surface area contributed by atoms with Crippen LogP contribution >= 0.6 is 0 Å². The van der Waals surface area contributed by atoms with E-state index in [-0.39, 0.29) is 12.1 Å². The second-order valence-corrected chi connectivity index (χ2v) is 6.02. The number of carbonyl (C=O) groups excluding carboxylic acids is 1. The van der Waals surface area contributed by atoms with Crippen molar-refractivity contribution in [1.29, 1.82) is 0 Å². The first-order valence-electron chi connectivity index (χ1n) is 6.12. The molecule has 0 radical (unpaired) electrons. The average molecular weight is 226 g/mol. The molecule has 2 aliphatic rings. The Balaban J connectivity index is 1.99. The maximum absolute atomic E-state index is 12.0. The molecule has 2 fully saturated rings. The van der Waals surface area contributed by atoms with Gasteiger partial charge in [-0.05, 0) is 46.0 Å². The molecule has 1 aliphatic carbocycles. The molecule has 0 spiro atoms. The van der Waals surface area contributed by atoms with Crippen molar-refractivity contribution >= 4 is 6.09 Å². The van der Waals surface area contributed by atoms with Gasteiger partial charge in [0.15, 0.2) is 0 Å². The minimum Gasteiger partial charge on any atom is -0.444 e. The minimum absolute atomic E-state index is 0.172. The van der Waals surface area contributed by atoms with Gasteiger partial charge in [-0.15, -0.1) is 0 Å². The molecule has 1 amide bonds. The molecule has 2 bridgehead atoms. The van der Waals surface area contributed by atoms with E-state index < -0.39 is 5.60 Å². The maximum Gasteiger partial charge on any atom is 0.410 e. The molecule has 3 atom stereocenters. The van der Waals surface area contributed by atoms with Crippen molar-refractivity contribution in [3.05, 3.63) is 0 Å². The number of nitrogens with zero attached hydrogens (tertiary/aromatic N) is 1. The monoisotopic (exact) mass is 226 g/mol. The van der Waals surface area contributed by atoms with Crippen LogP contribution in [0.15, 0.2) is 0 Å². The van der Waals surface area contributed by atoms with Crippen LogP contribution in [0.5, 0.6) is 0 Å². The summed E-state index contributed by atoms with van der Waals surface area (Å²) in [4.78, 5) is 13.9. The van der Waals surface area contributed by atoms with Crippen LogP contribution in [-0.2, 0) is 4.74 Å². The zero-order valence-electron chi connectivity index (χ0n) is 10.4. The molecule has 4 nitrogen and oxygen atoms in total. The summed E-state index contributed by atoms with van der Waals surface area (Å²) in [6, 6.07) is 0.628. The molecule has 1 saturated carbocycles. The first kappa shape index (κ1) is 11.7. The van der Waals surface area contributed by atoms with Crippen molar-refractivity contribution in [2.45, 2.75) is 57.7 Å². The van der Waals surface area contributed by atoms with Gasteiger partial charge in [-0.2, -0.15) is 0 Å². The fraction of sp³-hybridized carbons (Fsp3) is 0.917. The smallest absolute Gasteiger partial charge is 0.410 e. The Labute approximate surface area is 97.1 Å². The third-order valence-corrected chi connectivity index (χ3v) is 3.51. The molecule has 4 heteroatoms. The van der Waals surface area contributed by atoms with Crippen molar-refractivity contribution in [2.75, 3.05) is 6.54 Å². The van der Waals surface area contributed by atoms with Crippen LogP contribution in [0.4, 0.5) is 4.79 Å². The number of hydrogen-bond donors (Lipinski definition) is 1. The number of amides is 1. The SMILES string of the molecule is CC(C)(C)OC(=O)N1CC2CC1CCC2N. The Bertz CT molecular complexity index is 285. The van der Waals surface area contributed by atoms with Gasteiger partial charge in [0.25, 0.3) is 0 Å². The fourth-order valence-electron chi connectivity index (χ4n) is 2.70.